The lowest BCUT2D eigenvalue weighted by Gasteiger charge is -2.35. The first kappa shape index (κ1) is 23.2. The van der Waals surface area contributed by atoms with Crippen LogP contribution in [0.5, 0.6) is 11.5 Å². The molecule has 0 aromatic heterocycles. The maximum absolute atomic E-state index is 14.8. The molecular weight excluding hydrogens is 419 g/mol. The van der Waals surface area contributed by atoms with Crippen LogP contribution in [-0.2, 0) is 4.57 Å². The number of rotatable bonds is 7. The number of hydrogen-bond acceptors (Lipinski definition) is 4. The van der Waals surface area contributed by atoms with E-state index in [1.54, 1.807) is 36.4 Å². The predicted molar refractivity (Wildman–Crippen MR) is 132 cm³/mol. The molecule has 2 N–H and O–H groups in total. The van der Waals surface area contributed by atoms with Gasteiger partial charge in [-0.2, -0.15) is 0 Å². The van der Waals surface area contributed by atoms with Crippen LogP contribution in [0.1, 0.15) is 30.6 Å². The fraction of sp³-hybridized carbons (Fsp3) is 0.111. The zero-order valence-corrected chi connectivity index (χ0v) is 19.1. The Bertz CT molecular complexity index is 1200. The number of hydrogen-bond donors (Lipinski definition) is 2. The summed E-state index contributed by atoms with van der Waals surface area (Å²) in [6.07, 6.45) is 10.4. The van der Waals surface area contributed by atoms with Gasteiger partial charge in [-0.05, 0) is 54.8 Å². The molecule has 0 amide bonds. The van der Waals surface area contributed by atoms with Gasteiger partial charge < -0.3 is 14.7 Å². The minimum atomic E-state index is -3.53. The molecule has 164 valence electrons. The first-order valence-corrected chi connectivity index (χ1v) is 11.9. The summed E-state index contributed by atoms with van der Waals surface area (Å²) in [7, 11) is -3.53. The van der Waals surface area contributed by atoms with Crippen molar-refractivity contribution in [3.63, 3.8) is 0 Å². The van der Waals surface area contributed by atoms with Gasteiger partial charge in [-0.1, -0.05) is 73.9 Å². The van der Waals surface area contributed by atoms with Crippen molar-refractivity contribution in [2.24, 2.45) is 0 Å². The van der Waals surface area contributed by atoms with Crippen LogP contribution in [0.4, 0.5) is 0 Å². The van der Waals surface area contributed by atoms with Crippen molar-refractivity contribution < 1.29 is 19.3 Å². The molecule has 0 spiro atoms. The van der Waals surface area contributed by atoms with E-state index in [0.29, 0.717) is 16.6 Å². The van der Waals surface area contributed by atoms with Gasteiger partial charge in [-0.15, -0.1) is 0 Å². The van der Waals surface area contributed by atoms with E-state index < -0.39 is 13.0 Å². The lowest BCUT2D eigenvalue weighted by Crippen LogP contribution is -2.13. The Morgan fingerprint density at radius 1 is 1.12 bits per heavy atom. The molecule has 2 aromatic rings. The Balaban J connectivity index is 2.30. The number of phenolic OH excluding ortho intramolecular Hbond substituents is 1. The number of benzene rings is 2. The summed E-state index contributed by atoms with van der Waals surface area (Å²) in [5.41, 5.74) is 2.44. The summed E-state index contributed by atoms with van der Waals surface area (Å²) in [6.45, 7) is 10.9. The Labute approximate surface area is 189 Å². The zero-order chi connectivity index (χ0) is 23.3. The Hall–Kier alpha value is -3.49. The Kier molecular flexibility index (Phi) is 7.07. The van der Waals surface area contributed by atoms with E-state index in [-0.39, 0.29) is 11.5 Å². The summed E-state index contributed by atoms with van der Waals surface area (Å²) in [6, 6.07) is 14.1. The van der Waals surface area contributed by atoms with Crippen molar-refractivity contribution in [1.82, 2.24) is 0 Å². The summed E-state index contributed by atoms with van der Waals surface area (Å²) < 4.78 is 21.1. The third-order valence-corrected chi connectivity index (χ3v) is 8.25. The van der Waals surface area contributed by atoms with Gasteiger partial charge in [0.25, 0.3) is 7.37 Å². The van der Waals surface area contributed by atoms with E-state index in [2.05, 4.69) is 13.2 Å². The second-order valence-electron chi connectivity index (χ2n) is 7.39. The van der Waals surface area contributed by atoms with Crippen molar-refractivity contribution in [1.29, 1.82) is 0 Å². The number of aromatic hydroxyl groups is 1. The molecule has 32 heavy (non-hydrogen) atoms. The molecule has 1 aliphatic heterocycles. The fourth-order valence-electron chi connectivity index (χ4n) is 3.75. The number of aliphatic hydroxyl groups is 1. The smallest absolute Gasteiger partial charge is 0.285 e. The Morgan fingerprint density at radius 3 is 2.44 bits per heavy atom. The van der Waals surface area contributed by atoms with Crippen LogP contribution in [-0.4, -0.2) is 10.2 Å². The first-order valence-electron chi connectivity index (χ1n) is 10.2. The van der Waals surface area contributed by atoms with Gasteiger partial charge in [0, 0.05) is 10.9 Å². The topological polar surface area (TPSA) is 66.8 Å². The molecular formula is C27H27O4P. The SMILES string of the molecule is C=C/C=C\C1=C(C)P(=O)(C(C(/C=C\C(=C)O)=C/C)c2ccc(O)cc2)Oc2ccccc21. The molecule has 0 aliphatic carbocycles. The molecule has 0 bridgehead atoms. The molecule has 0 saturated carbocycles. The predicted octanol–water partition coefficient (Wildman–Crippen LogP) is 7.85. The zero-order valence-electron chi connectivity index (χ0n) is 18.2. The Morgan fingerprint density at radius 2 is 1.81 bits per heavy atom. The van der Waals surface area contributed by atoms with Crippen LogP contribution in [0.15, 0.2) is 115 Å². The van der Waals surface area contributed by atoms with E-state index in [1.807, 2.05) is 56.3 Å². The van der Waals surface area contributed by atoms with Crippen LogP contribution < -0.4 is 4.52 Å². The van der Waals surface area contributed by atoms with Gasteiger partial charge in [-0.3, -0.25) is 4.57 Å². The third kappa shape index (κ3) is 4.56. The van der Waals surface area contributed by atoms with Crippen LogP contribution >= 0.6 is 7.37 Å². The van der Waals surface area contributed by atoms with Gasteiger partial charge in [0.1, 0.15) is 22.9 Å². The molecule has 0 saturated heterocycles. The van der Waals surface area contributed by atoms with Crippen molar-refractivity contribution >= 4 is 12.9 Å². The summed E-state index contributed by atoms with van der Waals surface area (Å²) >= 11 is 0. The minimum Gasteiger partial charge on any atom is -0.509 e. The number of allylic oxidation sites excluding steroid dienone is 9. The van der Waals surface area contributed by atoms with Crippen LogP contribution in [0.2, 0.25) is 0 Å². The standard InChI is InChI=1S/C27H27O4P/c1-5-7-10-24-20(4)32(30,31-26-12-9-8-11-25(24)26)27(21(6-2)14-13-19(3)28)22-15-17-23(29)18-16-22/h5-18,27-29H,1,3H2,2,4H3/b10-7-,14-13-,21-6+. The second kappa shape index (κ2) is 9.76. The maximum Gasteiger partial charge on any atom is 0.285 e. The van der Waals surface area contributed by atoms with Crippen LogP contribution in [0.3, 0.4) is 0 Å². The molecule has 4 nitrogen and oxygen atoms in total. The highest BCUT2D eigenvalue weighted by Crippen LogP contribution is 2.71. The largest absolute Gasteiger partial charge is 0.509 e. The molecule has 2 aromatic carbocycles. The van der Waals surface area contributed by atoms with Gasteiger partial charge in [0.2, 0.25) is 0 Å². The quantitative estimate of drug-likeness (QED) is 0.258. The molecule has 1 heterocycles. The number of para-hydroxylation sites is 1. The lowest BCUT2D eigenvalue weighted by atomic mass is 10.0. The highest BCUT2D eigenvalue weighted by atomic mass is 31.2. The number of fused-ring (bicyclic) bond motifs is 1. The van der Waals surface area contributed by atoms with Gasteiger partial charge in [0.15, 0.2) is 0 Å². The van der Waals surface area contributed by atoms with Crippen molar-refractivity contribution in [3.8, 4) is 11.5 Å². The van der Waals surface area contributed by atoms with E-state index in [1.165, 1.54) is 6.08 Å². The summed E-state index contributed by atoms with van der Waals surface area (Å²) in [5, 5.41) is 20.0. The lowest BCUT2D eigenvalue weighted by molar-refractivity contribution is 0.435. The molecule has 0 radical (unpaired) electrons. The van der Waals surface area contributed by atoms with Crippen molar-refractivity contribution in [2.75, 3.05) is 0 Å². The first-order chi connectivity index (χ1) is 15.3. The third-order valence-electron chi connectivity index (χ3n) is 5.33. The molecule has 2 unspecified atom stereocenters. The monoisotopic (exact) mass is 446 g/mol. The van der Waals surface area contributed by atoms with Crippen molar-refractivity contribution in [2.45, 2.75) is 19.5 Å². The van der Waals surface area contributed by atoms with E-state index >= 15 is 0 Å². The van der Waals surface area contributed by atoms with E-state index in [4.69, 9.17) is 4.52 Å². The van der Waals surface area contributed by atoms with E-state index in [0.717, 1.165) is 16.7 Å². The molecule has 2 atom stereocenters. The molecule has 0 fully saturated rings. The highest BCUT2D eigenvalue weighted by molar-refractivity contribution is 7.64. The average Bonchev–Trinajstić information content (AvgIpc) is 2.77. The number of aliphatic hydroxyl groups excluding tert-OH is 1. The van der Waals surface area contributed by atoms with Gasteiger partial charge in [-0.25, -0.2) is 0 Å². The fourth-order valence-corrected chi connectivity index (χ4v) is 6.55. The summed E-state index contributed by atoms with van der Waals surface area (Å²) in [4.78, 5) is 0. The minimum absolute atomic E-state index is 0.108. The van der Waals surface area contributed by atoms with Crippen LogP contribution in [0.25, 0.3) is 5.57 Å². The van der Waals surface area contributed by atoms with E-state index in [9.17, 15) is 14.8 Å². The molecule has 3 rings (SSSR count). The van der Waals surface area contributed by atoms with Crippen molar-refractivity contribution in [3.05, 3.63) is 126 Å². The normalized spacial score (nSPS) is 19.6. The molecule has 5 heteroatoms. The average molecular weight is 446 g/mol. The van der Waals surface area contributed by atoms with Crippen LogP contribution in [0, 0.1) is 0 Å². The highest BCUT2D eigenvalue weighted by Gasteiger charge is 2.44. The maximum atomic E-state index is 14.8. The molecule has 1 aliphatic rings. The second-order valence-corrected chi connectivity index (χ2v) is 9.95. The van der Waals surface area contributed by atoms with Gasteiger partial charge >= 0.3 is 0 Å². The summed E-state index contributed by atoms with van der Waals surface area (Å²) in [5.74, 6) is 0.549. The number of phenols is 1. The van der Waals surface area contributed by atoms with Gasteiger partial charge in [0.05, 0.1) is 0 Å².